The Morgan fingerprint density at radius 2 is 1.67 bits per heavy atom. The Morgan fingerprint density at radius 1 is 1.00 bits per heavy atom. The highest BCUT2D eigenvalue weighted by molar-refractivity contribution is 6.02. The molecule has 0 atom stereocenters. The molecule has 0 aromatic heterocycles. The number of anilines is 1. The van der Waals surface area contributed by atoms with Crippen LogP contribution in [-0.4, -0.2) is 18.5 Å². The molecule has 1 N–H and O–H groups in total. The van der Waals surface area contributed by atoms with Crippen LogP contribution < -0.4 is 5.32 Å². The van der Waals surface area contributed by atoms with Crippen LogP contribution >= 0.6 is 0 Å². The van der Waals surface area contributed by atoms with Crippen LogP contribution in [0.15, 0.2) is 42.5 Å². The number of amides is 1. The van der Waals surface area contributed by atoms with Gasteiger partial charge in [0, 0.05) is 11.1 Å². The zero-order valence-electron chi connectivity index (χ0n) is 16.5. The summed E-state index contributed by atoms with van der Waals surface area (Å²) in [5.74, 6) is 0.0312. The lowest BCUT2D eigenvalue weighted by atomic mass is 9.70. The molecule has 0 saturated heterocycles. The van der Waals surface area contributed by atoms with Crippen molar-refractivity contribution >= 4 is 28.3 Å². The maximum Gasteiger partial charge on any atom is 0.309 e. The number of nitrogens with one attached hydrogen (secondary N) is 1. The molecule has 1 aliphatic carbocycles. The number of ether oxygens (including phenoxy) is 1. The minimum absolute atomic E-state index is 0.0750. The summed E-state index contributed by atoms with van der Waals surface area (Å²) in [6.45, 7) is 6.54. The van der Waals surface area contributed by atoms with Crippen LogP contribution in [0.4, 0.5) is 5.69 Å². The Kier molecular flexibility index (Phi) is 5.83. The Labute approximate surface area is 161 Å². The van der Waals surface area contributed by atoms with Crippen LogP contribution in [0.3, 0.4) is 0 Å². The molecule has 0 radical (unpaired) electrons. The number of rotatable bonds is 4. The lowest BCUT2D eigenvalue weighted by molar-refractivity contribution is -0.153. The summed E-state index contributed by atoms with van der Waals surface area (Å²) in [6, 6.07) is 13.6. The van der Waals surface area contributed by atoms with Crippen LogP contribution in [-0.2, 0) is 14.3 Å². The summed E-state index contributed by atoms with van der Waals surface area (Å²) in [7, 11) is 0. The average Bonchev–Trinajstić information content (AvgIpc) is 2.66. The molecule has 4 heteroatoms. The predicted octanol–water partition coefficient (Wildman–Crippen LogP) is 5.17. The molecule has 1 fully saturated rings. The molecule has 1 aliphatic rings. The monoisotopic (exact) mass is 367 g/mol. The van der Waals surface area contributed by atoms with Crippen molar-refractivity contribution < 1.29 is 14.3 Å². The second-order valence-corrected chi connectivity index (χ2v) is 8.60. The van der Waals surface area contributed by atoms with Crippen molar-refractivity contribution in [2.24, 2.45) is 17.3 Å². The van der Waals surface area contributed by atoms with Crippen LogP contribution in [0.2, 0.25) is 0 Å². The van der Waals surface area contributed by atoms with Crippen molar-refractivity contribution in [3.05, 3.63) is 42.5 Å². The van der Waals surface area contributed by atoms with Gasteiger partial charge in [-0.05, 0) is 48.5 Å². The van der Waals surface area contributed by atoms with Gasteiger partial charge in [0.25, 0.3) is 5.91 Å². The zero-order valence-corrected chi connectivity index (χ0v) is 16.5. The van der Waals surface area contributed by atoms with Crippen LogP contribution in [0.25, 0.3) is 10.8 Å². The number of fused-ring (bicyclic) bond motifs is 1. The lowest BCUT2D eigenvalue weighted by Crippen LogP contribution is -2.31. The first-order valence-electron chi connectivity index (χ1n) is 9.79. The fourth-order valence-corrected chi connectivity index (χ4v) is 3.97. The Balaban J connectivity index is 1.50. The third-order valence-corrected chi connectivity index (χ3v) is 5.69. The van der Waals surface area contributed by atoms with Gasteiger partial charge in [-0.1, -0.05) is 57.2 Å². The first kappa shape index (κ1) is 19.4. The smallest absolute Gasteiger partial charge is 0.309 e. The summed E-state index contributed by atoms with van der Waals surface area (Å²) < 4.78 is 5.30. The number of carbonyl (C=O) groups is 2. The van der Waals surface area contributed by atoms with Gasteiger partial charge in [-0.3, -0.25) is 9.59 Å². The Bertz CT molecular complexity index is 808. The van der Waals surface area contributed by atoms with E-state index in [-0.39, 0.29) is 29.8 Å². The van der Waals surface area contributed by atoms with Crippen LogP contribution in [0, 0.1) is 17.3 Å². The second kappa shape index (κ2) is 8.12. The molecular weight excluding hydrogens is 338 g/mol. The lowest BCUT2D eigenvalue weighted by Gasteiger charge is -2.36. The molecule has 2 aromatic carbocycles. The quantitative estimate of drug-likeness (QED) is 0.758. The molecule has 2 aromatic rings. The van der Waals surface area contributed by atoms with Gasteiger partial charge in [0.2, 0.25) is 0 Å². The highest BCUT2D eigenvalue weighted by Gasteiger charge is 2.33. The molecule has 1 saturated carbocycles. The molecule has 0 aliphatic heterocycles. The molecule has 4 nitrogen and oxygen atoms in total. The van der Waals surface area contributed by atoms with Crippen molar-refractivity contribution in [1.82, 2.24) is 0 Å². The van der Waals surface area contributed by atoms with Gasteiger partial charge in [0.15, 0.2) is 6.61 Å². The first-order chi connectivity index (χ1) is 12.8. The van der Waals surface area contributed by atoms with E-state index in [4.69, 9.17) is 4.74 Å². The molecule has 0 heterocycles. The van der Waals surface area contributed by atoms with Crippen LogP contribution in [0.5, 0.6) is 0 Å². The minimum atomic E-state index is -0.303. The number of benzene rings is 2. The van der Waals surface area contributed by atoms with Gasteiger partial charge in [0.05, 0.1) is 5.92 Å². The summed E-state index contributed by atoms with van der Waals surface area (Å²) in [5, 5.41) is 4.88. The van der Waals surface area contributed by atoms with Gasteiger partial charge in [-0.15, -0.1) is 0 Å². The predicted molar refractivity (Wildman–Crippen MR) is 108 cm³/mol. The van der Waals surface area contributed by atoms with Crippen molar-refractivity contribution in [2.45, 2.75) is 46.5 Å². The van der Waals surface area contributed by atoms with E-state index < -0.39 is 0 Å². The fourth-order valence-electron chi connectivity index (χ4n) is 3.97. The summed E-state index contributed by atoms with van der Waals surface area (Å²) in [5.41, 5.74) is 1.02. The topological polar surface area (TPSA) is 55.4 Å². The molecule has 0 bridgehead atoms. The molecule has 1 amide bonds. The first-order valence-corrected chi connectivity index (χ1v) is 9.79. The SMILES string of the molecule is CC(C)(C)C1CCC(C(=O)OCC(=O)Nc2cccc3ccccc23)CC1. The number of hydrogen-bond acceptors (Lipinski definition) is 3. The second-order valence-electron chi connectivity index (χ2n) is 8.60. The van der Waals surface area contributed by atoms with Gasteiger partial charge in [-0.2, -0.15) is 0 Å². The Morgan fingerprint density at radius 3 is 2.37 bits per heavy atom. The summed E-state index contributed by atoms with van der Waals surface area (Å²) in [4.78, 5) is 24.6. The van der Waals surface area contributed by atoms with E-state index in [9.17, 15) is 9.59 Å². The number of carbonyl (C=O) groups excluding carboxylic acids is 2. The highest BCUT2D eigenvalue weighted by atomic mass is 16.5. The van der Waals surface area contributed by atoms with Gasteiger partial charge in [-0.25, -0.2) is 0 Å². The van der Waals surface area contributed by atoms with E-state index in [2.05, 4.69) is 26.1 Å². The minimum Gasteiger partial charge on any atom is -0.455 e. The van der Waals surface area contributed by atoms with Crippen molar-refractivity contribution in [1.29, 1.82) is 0 Å². The third kappa shape index (κ3) is 4.88. The summed E-state index contributed by atoms with van der Waals surface area (Å²) in [6.07, 6.45) is 3.80. The highest BCUT2D eigenvalue weighted by Crippen LogP contribution is 2.40. The molecule has 0 unspecified atom stereocenters. The Hall–Kier alpha value is -2.36. The van der Waals surface area contributed by atoms with E-state index in [1.165, 1.54) is 0 Å². The molecule has 0 spiro atoms. The van der Waals surface area contributed by atoms with E-state index in [0.29, 0.717) is 5.92 Å². The van der Waals surface area contributed by atoms with Gasteiger partial charge in [0.1, 0.15) is 0 Å². The van der Waals surface area contributed by atoms with Gasteiger partial charge >= 0.3 is 5.97 Å². The largest absolute Gasteiger partial charge is 0.455 e. The van der Waals surface area contributed by atoms with E-state index in [1.807, 2.05) is 42.5 Å². The van der Waals surface area contributed by atoms with Crippen molar-refractivity contribution in [3.8, 4) is 0 Å². The molecular formula is C23H29NO3. The maximum absolute atomic E-state index is 12.3. The number of esters is 1. The van der Waals surface area contributed by atoms with Crippen LogP contribution in [0.1, 0.15) is 46.5 Å². The normalized spacial score (nSPS) is 20.3. The standard InChI is InChI=1S/C23H29NO3/c1-23(2,3)18-13-11-17(12-14-18)22(26)27-15-21(25)24-20-10-6-8-16-7-4-5-9-19(16)20/h4-10,17-18H,11-15H2,1-3H3,(H,24,25). The van der Waals surface area contributed by atoms with Crippen molar-refractivity contribution in [2.75, 3.05) is 11.9 Å². The van der Waals surface area contributed by atoms with E-state index >= 15 is 0 Å². The zero-order chi connectivity index (χ0) is 19.4. The van der Waals surface area contributed by atoms with E-state index in [1.54, 1.807) is 0 Å². The van der Waals surface area contributed by atoms with E-state index in [0.717, 1.165) is 42.1 Å². The third-order valence-electron chi connectivity index (χ3n) is 5.69. The molecule has 3 rings (SSSR count). The maximum atomic E-state index is 12.3. The molecule has 27 heavy (non-hydrogen) atoms. The average molecular weight is 367 g/mol. The van der Waals surface area contributed by atoms with Crippen molar-refractivity contribution in [3.63, 3.8) is 0 Å². The summed E-state index contributed by atoms with van der Waals surface area (Å²) >= 11 is 0. The van der Waals surface area contributed by atoms with Gasteiger partial charge < -0.3 is 10.1 Å². The molecule has 144 valence electrons. The number of hydrogen-bond donors (Lipinski definition) is 1. The fraction of sp³-hybridized carbons (Fsp3) is 0.478.